The first kappa shape index (κ1) is 15.3. The molecular formula is C17H25N3O2. The second-order valence-electron chi connectivity index (χ2n) is 6.17. The fraction of sp³-hybridized carbons (Fsp3) is 0.588. The zero-order valence-electron chi connectivity index (χ0n) is 12.9. The molecule has 1 amide bonds. The van der Waals surface area contributed by atoms with Gasteiger partial charge in [0.1, 0.15) is 6.10 Å². The lowest BCUT2D eigenvalue weighted by molar-refractivity contribution is -0.132. The predicted octanol–water partition coefficient (Wildman–Crippen LogP) is 1.28. The molecule has 2 fully saturated rings. The number of nitrogens with one attached hydrogen (secondary N) is 1. The molecule has 0 bridgehead atoms. The van der Waals surface area contributed by atoms with E-state index < -0.39 is 0 Å². The Morgan fingerprint density at radius 3 is 2.55 bits per heavy atom. The van der Waals surface area contributed by atoms with Crippen molar-refractivity contribution in [3.05, 3.63) is 30.3 Å². The number of para-hydroxylation sites is 1. The van der Waals surface area contributed by atoms with E-state index in [1.54, 1.807) is 0 Å². The van der Waals surface area contributed by atoms with E-state index in [-0.39, 0.29) is 24.2 Å². The van der Waals surface area contributed by atoms with E-state index in [9.17, 15) is 4.79 Å². The number of anilines is 1. The molecule has 2 heterocycles. The summed E-state index contributed by atoms with van der Waals surface area (Å²) in [6.45, 7) is 2.46. The number of nitrogens with two attached hydrogens (primary N) is 1. The molecule has 22 heavy (non-hydrogen) atoms. The average Bonchev–Trinajstić information content (AvgIpc) is 3.06. The predicted molar refractivity (Wildman–Crippen MR) is 86.8 cm³/mol. The van der Waals surface area contributed by atoms with Gasteiger partial charge in [-0.1, -0.05) is 18.2 Å². The van der Waals surface area contributed by atoms with Crippen molar-refractivity contribution in [3.63, 3.8) is 0 Å². The SMILES string of the molecule is NC[C@H]1CC[C@@H](C(=O)NC2CCN(c3ccccc3)CC2)O1. The molecule has 0 saturated carbocycles. The van der Waals surface area contributed by atoms with Crippen LogP contribution in [-0.2, 0) is 9.53 Å². The molecular weight excluding hydrogens is 278 g/mol. The van der Waals surface area contributed by atoms with Crippen LogP contribution in [0.25, 0.3) is 0 Å². The Labute approximate surface area is 131 Å². The van der Waals surface area contributed by atoms with Gasteiger partial charge >= 0.3 is 0 Å². The highest BCUT2D eigenvalue weighted by Gasteiger charge is 2.31. The zero-order valence-corrected chi connectivity index (χ0v) is 12.9. The lowest BCUT2D eigenvalue weighted by Gasteiger charge is -2.34. The molecule has 120 valence electrons. The van der Waals surface area contributed by atoms with E-state index in [0.717, 1.165) is 38.8 Å². The van der Waals surface area contributed by atoms with Crippen LogP contribution in [0.15, 0.2) is 30.3 Å². The highest BCUT2D eigenvalue weighted by atomic mass is 16.5. The minimum absolute atomic E-state index is 0.0362. The number of amides is 1. The van der Waals surface area contributed by atoms with E-state index in [1.807, 2.05) is 6.07 Å². The largest absolute Gasteiger partial charge is 0.371 e. The van der Waals surface area contributed by atoms with Crippen molar-refractivity contribution in [1.29, 1.82) is 0 Å². The van der Waals surface area contributed by atoms with Gasteiger partial charge in [0.2, 0.25) is 5.91 Å². The molecule has 3 N–H and O–H groups in total. The number of hydrogen-bond donors (Lipinski definition) is 2. The van der Waals surface area contributed by atoms with Crippen LogP contribution in [0.5, 0.6) is 0 Å². The summed E-state index contributed by atoms with van der Waals surface area (Å²) in [5.41, 5.74) is 6.85. The topological polar surface area (TPSA) is 67.6 Å². The van der Waals surface area contributed by atoms with E-state index in [0.29, 0.717) is 6.54 Å². The summed E-state index contributed by atoms with van der Waals surface area (Å²) in [5.74, 6) is 0.0362. The Morgan fingerprint density at radius 2 is 1.91 bits per heavy atom. The minimum atomic E-state index is -0.305. The fourth-order valence-electron chi connectivity index (χ4n) is 3.29. The minimum Gasteiger partial charge on any atom is -0.371 e. The van der Waals surface area contributed by atoms with Gasteiger partial charge in [-0.05, 0) is 37.8 Å². The third-order valence-electron chi connectivity index (χ3n) is 4.63. The van der Waals surface area contributed by atoms with Crippen LogP contribution in [0.4, 0.5) is 5.69 Å². The van der Waals surface area contributed by atoms with Gasteiger partial charge in [0.15, 0.2) is 0 Å². The maximum Gasteiger partial charge on any atom is 0.249 e. The van der Waals surface area contributed by atoms with Gasteiger partial charge in [-0.25, -0.2) is 0 Å². The molecule has 5 heteroatoms. The Bertz CT molecular complexity index is 486. The summed E-state index contributed by atoms with van der Waals surface area (Å²) in [4.78, 5) is 14.6. The normalized spacial score (nSPS) is 26.1. The Morgan fingerprint density at radius 1 is 1.18 bits per heavy atom. The van der Waals surface area contributed by atoms with Crippen molar-refractivity contribution < 1.29 is 9.53 Å². The molecule has 2 aliphatic rings. The van der Waals surface area contributed by atoms with Crippen LogP contribution >= 0.6 is 0 Å². The second-order valence-corrected chi connectivity index (χ2v) is 6.17. The van der Waals surface area contributed by atoms with Gasteiger partial charge in [-0.2, -0.15) is 0 Å². The van der Waals surface area contributed by atoms with Crippen molar-refractivity contribution in [3.8, 4) is 0 Å². The number of carbonyl (C=O) groups excluding carboxylic acids is 1. The third kappa shape index (κ3) is 3.59. The number of piperidine rings is 1. The molecule has 0 unspecified atom stereocenters. The van der Waals surface area contributed by atoms with E-state index in [1.165, 1.54) is 5.69 Å². The molecule has 2 aliphatic heterocycles. The lowest BCUT2D eigenvalue weighted by Crippen LogP contribution is -2.47. The number of hydrogen-bond acceptors (Lipinski definition) is 4. The highest BCUT2D eigenvalue weighted by Crippen LogP contribution is 2.21. The van der Waals surface area contributed by atoms with Gasteiger partial charge in [0, 0.05) is 31.4 Å². The fourth-order valence-corrected chi connectivity index (χ4v) is 3.29. The van der Waals surface area contributed by atoms with Crippen molar-refractivity contribution in [2.45, 2.75) is 43.9 Å². The third-order valence-corrected chi connectivity index (χ3v) is 4.63. The quantitative estimate of drug-likeness (QED) is 0.879. The summed E-state index contributed by atoms with van der Waals surface area (Å²) in [7, 11) is 0. The summed E-state index contributed by atoms with van der Waals surface area (Å²) in [6.07, 6.45) is 3.38. The first-order valence-corrected chi connectivity index (χ1v) is 8.22. The first-order valence-electron chi connectivity index (χ1n) is 8.22. The molecule has 1 aromatic carbocycles. The molecule has 0 aliphatic carbocycles. The standard InChI is InChI=1S/C17H25N3O2/c18-12-15-6-7-16(22-15)17(21)19-13-8-10-20(11-9-13)14-4-2-1-3-5-14/h1-5,13,15-16H,6-12,18H2,(H,19,21)/t15-,16+/m1/s1. The number of carbonyl (C=O) groups is 1. The van der Waals surface area contributed by atoms with Gasteiger partial charge < -0.3 is 20.7 Å². The monoisotopic (exact) mass is 303 g/mol. The Balaban J connectivity index is 1.45. The average molecular weight is 303 g/mol. The molecule has 0 radical (unpaired) electrons. The summed E-state index contributed by atoms with van der Waals surface area (Å²) in [5, 5.41) is 3.15. The van der Waals surface area contributed by atoms with Crippen LogP contribution in [0.1, 0.15) is 25.7 Å². The van der Waals surface area contributed by atoms with E-state index in [2.05, 4.69) is 34.5 Å². The summed E-state index contributed by atoms with van der Waals surface area (Å²) < 4.78 is 5.66. The summed E-state index contributed by atoms with van der Waals surface area (Å²) in [6, 6.07) is 10.7. The van der Waals surface area contributed by atoms with Gasteiger partial charge in [-0.3, -0.25) is 4.79 Å². The van der Waals surface area contributed by atoms with Crippen molar-refractivity contribution in [1.82, 2.24) is 5.32 Å². The van der Waals surface area contributed by atoms with Crippen molar-refractivity contribution >= 4 is 11.6 Å². The molecule has 3 rings (SSSR count). The second kappa shape index (κ2) is 7.11. The van der Waals surface area contributed by atoms with Crippen LogP contribution in [-0.4, -0.2) is 43.8 Å². The van der Waals surface area contributed by atoms with Crippen LogP contribution < -0.4 is 16.0 Å². The zero-order chi connectivity index (χ0) is 15.4. The smallest absolute Gasteiger partial charge is 0.249 e. The maximum atomic E-state index is 12.2. The Hall–Kier alpha value is -1.59. The number of nitrogens with zero attached hydrogens (tertiary/aromatic N) is 1. The van der Waals surface area contributed by atoms with Gasteiger partial charge in [0.05, 0.1) is 6.10 Å². The van der Waals surface area contributed by atoms with Crippen LogP contribution in [0, 0.1) is 0 Å². The number of ether oxygens (including phenoxy) is 1. The molecule has 0 aromatic heterocycles. The van der Waals surface area contributed by atoms with Crippen LogP contribution in [0.2, 0.25) is 0 Å². The highest BCUT2D eigenvalue weighted by molar-refractivity contribution is 5.81. The van der Waals surface area contributed by atoms with Crippen LogP contribution in [0.3, 0.4) is 0 Å². The lowest BCUT2D eigenvalue weighted by atomic mass is 10.0. The van der Waals surface area contributed by atoms with E-state index >= 15 is 0 Å². The summed E-state index contributed by atoms with van der Waals surface area (Å²) >= 11 is 0. The maximum absolute atomic E-state index is 12.2. The molecule has 2 saturated heterocycles. The first-order chi connectivity index (χ1) is 10.8. The number of benzene rings is 1. The molecule has 0 spiro atoms. The van der Waals surface area contributed by atoms with Gasteiger partial charge in [-0.15, -0.1) is 0 Å². The molecule has 5 nitrogen and oxygen atoms in total. The van der Waals surface area contributed by atoms with Crippen molar-refractivity contribution in [2.24, 2.45) is 5.73 Å². The number of rotatable bonds is 4. The van der Waals surface area contributed by atoms with E-state index in [4.69, 9.17) is 10.5 Å². The van der Waals surface area contributed by atoms with Gasteiger partial charge in [0.25, 0.3) is 0 Å². The molecule has 1 aromatic rings. The van der Waals surface area contributed by atoms with Crippen molar-refractivity contribution in [2.75, 3.05) is 24.5 Å². The Kier molecular flexibility index (Phi) is 4.95. The molecule has 2 atom stereocenters.